The predicted molar refractivity (Wildman–Crippen MR) is 151 cm³/mol. The van der Waals surface area contributed by atoms with Crippen molar-refractivity contribution in [1.29, 1.82) is 0 Å². The fourth-order valence-corrected chi connectivity index (χ4v) is 4.61. The van der Waals surface area contributed by atoms with Crippen LogP contribution in [-0.2, 0) is 19.1 Å². The lowest BCUT2D eigenvalue weighted by molar-refractivity contribution is -0.136. The largest absolute Gasteiger partial charge is 0.449 e. The van der Waals surface area contributed by atoms with Crippen LogP contribution in [0, 0.1) is 0 Å². The van der Waals surface area contributed by atoms with Crippen LogP contribution in [0.5, 0.6) is 5.75 Å². The number of alkyl carbamates (subject to hydrolysis) is 2. The molecule has 1 aliphatic carbocycles. The van der Waals surface area contributed by atoms with E-state index in [2.05, 4.69) is 10.6 Å². The van der Waals surface area contributed by atoms with Crippen LogP contribution in [0.25, 0.3) is 11.1 Å². The van der Waals surface area contributed by atoms with E-state index in [4.69, 9.17) is 19.9 Å². The summed E-state index contributed by atoms with van der Waals surface area (Å²) in [5.74, 6) is -1.89. The molecule has 0 saturated carbocycles. The van der Waals surface area contributed by atoms with Crippen molar-refractivity contribution >= 4 is 24.1 Å². The van der Waals surface area contributed by atoms with E-state index in [-0.39, 0.29) is 23.8 Å². The first-order chi connectivity index (χ1) is 19.4. The Balaban J connectivity index is 1.43. The van der Waals surface area contributed by atoms with E-state index in [1.54, 1.807) is 32.9 Å². The van der Waals surface area contributed by atoms with E-state index in [1.807, 2.05) is 48.5 Å². The van der Waals surface area contributed by atoms with Crippen LogP contribution in [-0.4, -0.2) is 42.3 Å². The number of fused-ring (bicyclic) bond motifs is 3. The Morgan fingerprint density at radius 2 is 1.39 bits per heavy atom. The van der Waals surface area contributed by atoms with Gasteiger partial charge in [0.1, 0.15) is 30.0 Å². The van der Waals surface area contributed by atoms with Crippen molar-refractivity contribution in [1.82, 2.24) is 10.6 Å². The topological polar surface area (TPSA) is 146 Å². The standard InChI is InChI=1S/C31H33N3O7/c1-18(33-30(38)41-31(2,3)4)28(36)40-25-16-10-9-15-23(25)26(27(32)35)34-29(37)39-17-24-21-13-7-5-11-19(21)20-12-6-8-14-22(20)24/h5-16,18,24,26H,17H2,1-4H3,(H2,32,35)(H,33,38)(H,34,37)/t18-,26-/m0/s1. The Labute approximate surface area is 238 Å². The summed E-state index contributed by atoms with van der Waals surface area (Å²) in [6.45, 7) is 6.54. The number of nitrogens with two attached hydrogens (primary N) is 1. The van der Waals surface area contributed by atoms with Crippen molar-refractivity contribution in [2.24, 2.45) is 5.73 Å². The molecule has 214 valence electrons. The molecule has 0 radical (unpaired) electrons. The monoisotopic (exact) mass is 559 g/mol. The molecule has 0 heterocycles. The van der Waals surface area contributed by atoms with E-state index in [0.29, 0.717) is 0 Å². The van der Waals surface area contributed by atoms with Gasteiger partial charge in [-0.15, -0.1) is 0 Å². The second kappa shape index (κ2) is 12.1. The minimum atomic E-state index is -1.36. The van der Waals surface area contributed by atoms with E-state index in [0.717, 1.165) is 22.3 Å². The van der Waals surface area contributed by atoms with Crippen molar-refractivity contribution in [3.05, 3.63) is 89.5 Å². The fraction of sp³-hybridized carbons (Fsp3) is 0.290. The third-order valence-electron chi connectivity index (χ3n) is 6.42. The summed E-state index contributed by atoms with van der Waals surface area (Å²) >= 11 is 0. The molecule has 0 aromatic heterocycles. The van der Waals surface area contributed by atoms with Gasteiger partial charge in [0.05, 0.1) is 0 Å². The van der Waals surface area contributed by atoms with E-state index < -0.39 is 41.7 Å². The molecular weight excluding hydrogens is 526 g/mol. The zero-order chi connectivity index (χ0) is 29.7. The Hall–Kier alpha value is -4.86. The number of esters is 1. The summed E-state index contributed by atoms with van der Waals surface area (Å²) in [7, 11) is 0. The summed E-state index contributed by atoms with van der Waals surface area (Å²) in [4.78, 5) is 50.0. The quantitative estimate of drug-likeness (QED) is 0.271. The number of benzene rings is 3. The molecule has 1 aliphatic rings. The van der Waals surface area contributed by atoms with Crippen LogP contribution in [0.15, 0.2) is 72.8 Å². The van der Waals surface area contributed by atoms with Crippen molar-refractivity contribution in [2.75, 3.05) is 6.61 Å². The normalized spacial score (nSPS) is 13.7. The molecule has 4 rings (SSSR count). The number of ether oxygens (including phenoxy) is 3. The molecule has 3 amide bonds. The van der Waals surface area contributed by atoms with Crippen LogP contribution >= 0.6 is 0 Å². The summed E-state index contributed by atoms with van der Waals surface area (Å²) < 4.78 is 16.2. The molecule has 3 aromatic carbocycles. The molecule has 3 aromatic rings. The van der Waals surface area contributed by atoms with Gasteiger partial charge in [-0.3, -0.25) is 4.79 Å². The van der Waals surface area contributed by atoms with E-state index in [1.165, 1.54) is 19.1 Å². The first-order valence-corrected chi connectivity index (χ1v) is 13.2. The Morgan fingerprint density at radius 1 is 0.829 bits per heavy atom. The summed E-state index contributed by atoms with van der Waals surface area (Å²) in [5, 5.41) is 4.89. The summed E-state index contributed by atoms with van der Waals surface area (Å²) in [6.07, 6.45) is -1.65. The average Bonchev–Trinajstić information content (AvgIpc) is 3.23. The number of amides is 3. The molecule has 0 aliphatic heterocycles. The molecule has 41 heavy (non-hydrogen) atoms. The molecule has 0 spiro atoms. The molecule has 0 unspecified atom stereocenters. The SMILES string of the molecule is C[C@H](NC(=O)OC(C)(C)C)C(=O)Oc1ccccc1[C@H](NC(=O)OCC1c2ccccc2-c2ccccc21)C(N)=O. The highest BCUT2D eigenvalue weighted by molar-refractivity contribution is 5.88. The van der Waals surface area contributed by atoms with Gasteiger partial charge in [-0.05, 0) is 56.0 Å². The van der Waals surface area contributed by atoms with Crippen molar-refractivity contribution < 1.29 is 33.4 Å². The Kier molecular flexibility index (Phi) is 8.61. The molecule has 0 saturated heterocycles. The third kappa shape index (κ3) is 7.02. The molecular formula is C31H33N3O7. The number of hydrogen-bond acceptors (Lipinski definition) is 7. The van der Waals surface area contributed by atoms with Gasteiger partial charge in [0.2, 0.25) is 5.91 Å². The molecule has 0 bridgehead atoms. The minimum Gasteiger partial charge on any atom is -0.449 e. The summed E-state index contributed by atoms with van der Waals surface area (Å²) in [5.41, 5.74) is 9.26. The lowest BCUT2D eigenvalue weighted by Gasteiger charge is -2.22. The number of carbonyl (C=O) groups is 4. The van der Waals surface area contributed by atoms with Crippen molar-refractivity contribution in [2.45, 2.75) is 51.3 Å². The number of hydrogen-bond donors (Lipinski definition) is 3. The van der Waals surface area contributed by atoms with E-state index >= 15 is 0 Å². The molecule has 4 N–H and O–H groups in total. The van der Waals surface area contributed by atoms with Gasteiger partial charge in [0.25, 0.3) is 0 Å². The second-order valence-corrected chi connectivity index (χ2v) is 10.6. The van der Waals surface area contributed by atoms with Gasteiger partial charge < -0.3 is 30.6 Å². The van der Waals surface area contributed by atoms with Crippen molar-refractivity contribution in [3.63, 3.8) is 0 Å². The predicted octanol–water partition coefficient (Wildman–Crippen LogP) is 4.57. The molecule has 10 nitrogen and oxygen atoms in total. The maximum absolute atomic E-state index is 12.9. The Bertz CT molecular complexity index is 1420. The van der Waals surface area contributed by atoms with Crippen LogP contribution in [0.1, 0.15) is 56.3 Å². The highest BCUT2D eigenvalue weighted by Crippen LogP contribution is 2.44. The molecule has 10 heteroatoms. The van der Waals surface area contributed by atoms with Crippen molar-refractivity contribution in [3.8, 4) is 16.9 Å². The van der Waals surface area contributed by atoms with Gasteiger partial charge >= 0.3 is 18.2 Å². The van der Waals surface area contributed by atoms with Gasteiger partial charge in [-0.25, -0.2) is 14.4 Å². The number of rotatable bonds is 8. The maximum atomic E-state index is 12.9. The van der Waals surface area contributed by atoms with Gasteiger partial charge in [-0.2, -0.15) is 0 Å². The zero-order valence-electron chi connectivity index (χ0n) is 23.3. The van der Waals surface area contributed by atoms with Gasteiger partial charge in [0, 0.05) is 11.5 Å². The number of primary amides is 1. The fourth-order valence-electron chi connectivity index (χ4n) is 4.61. The lowest BCUT2D eigenvalue weighted by atomic mass is 9.98. The summed E-state index contributed by atoms with van der Waals surface area (Å²) in [6, 6.07) is 19.5. The van der Waals surface area contributed by atoms with Gasteiger partial charge in [0.15, 0.2) is 0 Å². The number of carbonyl (C=O) groups excluding carboxylic acids is 4. The smallest absolute Gasteiger partial charge is 0.408 e. The minimum absolute atomic E-state index is 0.0157. The first kappa shape index (κ1) is 29.1. The van der Waals surface area contributed by atoms with Gasteiger partial charge in [-0.1, -0.05) is 66.7 Å². The molecule has 0 fully saturated rings. The van der Waals surface area contributed by atoms with Crippen LogP contribution in [0.3, 0.4) is 0 Å². The Morgan fingerprint density at radius 3 is 1.98 bits per heavy atom. The van der Waals surface area contributed by atoms with Crippen LogP contribution in [0.4, 0.5) is 9.59 Å². The lowest BCUT2D eigenvalue weighted by Crippen LogP contribution is -2.43. The zero-order valence-corrected chi connectivity index (χ0v) is 23.3. The van der Waals surface area contributed by atoms with E-state index in [9.17, 15) is 19.2 Å². The van der Waals surface area contributed by atoms with Crippen LogP contribution < -0.4 is 21.1 Å². The highest BCUT2D eigenvalue weighted by Gasteiger charge is 2.31. The molecule has 2 atom stereocenters. The maximum Gasteiger partial charge on any atom is 0.408 e. The third-order valence-corrected chi connectivity index (χ3v) is 6.42. The van der Waals surface area contributed by atoms with Crippen LogP contribution in [0.2, 0.25) is 0 Å². The number of nitrogens with one attached hydrogen (secondary N) is 2. The first-order valence-electron chi connectivity index (χ1n) is 13.2. The highest BCUT2D eigenvalue weighted by atomic mass is 16.6. The number of para-hydroxylation sites is 1. The average molecular weight is 560 g/mol. The second-order valence-electron chi connectivity index (χ2n) is 10.6.